The van der Waals surface area contributed by atoms with Crippen molar-refractivity contribution in [3.05, 3.63) is 54.1 Å². The first-order valence-electron chi connectivity index (χ1n) is 4.62. The van der Waals surface area contributed by atoms with Crippen molar-refractivity contribution in [1.82, 2.24) is 4.98 Å². The van der Waals surface area contributed by atoms with Crippen molar-refractivity contribution in [2.45, 2.75) is 0 Å². The summed E-state index contributed by atoms with van der Waals surface area (Å²) in [6.07, 6.45) is 1.41. The largest absolute Gasteiger partial charge is 0.478 e. The first kappa shape index (κ1) is 10.3. The van der Waals surface area contributed by atoms with E-state index in [2.05, 4.69) is 4.98 Å². The molecule has 0 fully saturated rings. The maximum atomic E-state index is 12.6. The molecule has 3 nitrogen and oxygen atoms in total. The summed E-state index contributed by atoms with van der Waals surface area (Å²) < 4.78 is 12.6. The molecule has 0 aliphatic heterocycles. The third-order valence-electron chi connectivity index (χ3n) is 2.19. The first-order chi connectivity index (χ1) is 7.66. The van der Waals surface area contributed by atoms with E-state index in [4.69, 9.17) is 5.11 Å². The van der Waals surface area contributed by atoms with Gasteiger partial charge in [0, 0.05) is 11.8 Å². The number of hydrogen-bond acceptors (Lipinski definition) is 2. The van der Waals surface area contributed by atoms with Crippen LogP contribution in [-0.2, 0) is 0 Å². The molecule has 2 rings (SSSR count). The van der Waals surface area contributed by atoms with E-state index in [1.165, 1.54) is 24.4 Å². The lowest BCUT2D eigenvalue weighted by molar-refractivity contribution is 0.0697. The number of aromatic nitrogens is 1. The molecule has 0 unspecified atom stereocenters. The lowest BCUT2D eigenvalue weighted by atomic mass is 10.1. The van der Waals surface area contributed by atoms with Gasteiger partial charge in [0.25, 0.3) is 0 Å². The van der Waals surface area contributed by atoms with Gasteiger partial charge in [0.15, 0.2) is 0 Å². The van der Waals surface area contributed by atoms with E-state index in [1.54, 1.807) is 18.2 Å². The van der Waals surface area contributed by atoms with Gasteiger partial charge in [-0.3, -0.25) is 0 Å². The number of carbonyl (C=O) groups is 1. The van der Waals surface area contributed by atoms with Crippen LogP contribution in [0.2, 0.25) is 0 Å². The molecule has 1 aromatic heterocycles. The number of rotatable bonds is 2. The van der Waals surface area contributed by atoms with E-state index in [0.717, 1.165) is 11.1 Å². The van der Waals surface area contributed by atoms with Gasteiger partial charge < -0.3 is 5.11 Å². The predicted octanol–water partition coefficient (Wildman–Crippen LogP) is 2.59. The second kappa shape index (κ2) is 4.10. The van der Waals surface area contributed by atoms with E-state index in [-0.39, 0.29) is 5.56 Å². The fourth-order valence-electron chi connectivity index (χ4n) is 1.35. The summed E-state index contributed by atoms with van der Waals surface area (Å²) in [5, 5.41) is 8.72. The molecule has 0 aliphatic rings. The Hall–Kier alpha value is -2.23. The van der Waals surface area contributed by atoms with Gasteiger partial charge in [-0.15, -0.1) is 0 Å². The van der Waals surface area contributed by atoms with Crippen LogP contribution in [0.3, 0.4) is 0 Å². The summed E-state index contributed by atoms with van der Waals surface area (Å²) in [6.45, 7) is 0. The molecule has 0 bridgehead atoms. The maximum Gasteiger partial charge on any atom is 0.335 e. The van der Waals surface area contributed by atoms with E-state index >= 15 is 0 Å². The van der Waals surface area contributed by atoms with Gasteiger partial charge in [-0.05, 0) is 29.8 Å². The first-order valence-corrected chi connectivity index (χ1v) is 4.62. The van der Waals surface area contributed by atoms with Crippen LogP contribution in [0.1, 0.15) is 10.4 Å². The number of carboxylic acid groups (broad SMARTS) is 1. The smallest absolute Gasteiger partial charge is 0.335 e. The predicted molar refractivity (Wildman–Crippen MR) is 56.6 cm³/mol. The molecular formula is C12H8FNO2. The minimum absolute atomic E-state index is 0.221. The van der Waals surface area contributed by atoms with Crippen molar-refractivity contribution in [2.24, 2.45) is 0 Å². The summed E-state index contributed by atoms with van der Waals surface area (Å²) in [4.78, 5) is 14.2. The fraction of sp³-hybridized carbons (Fsp3) is 0. The standard InChI is InChI=1S/C12H8FNO2/c13-11-6-5-10(7-14-11)8-1-3-9(4-2-8)12(15)16/h1-7H,(H,15,16). The average molecular weight is 217 g/mol. The van der Waals surface area contributed by atoms with Gasteiger partial charge in [-0.2, -0.15) is 4.39 Å². The normalized spacial score (nSPS) is 10.1. The number of aromatic carboxylic acids is 1. The van der Waals surface area contributed by atoms with Crippen molar-refractivity contribution in [1.29, 1.82) is 0 Å². The molecule has 0 amide bonds. The van der Waals surface area contributed by atoms with Crippen LogP contribution in [0, 0.1) is 5.95 Å². The van der Waals surface area contributed by atoms with Crippen LogP contribution in [0.25, 0.3) is 11.1 Å². The molecule has 0 radical (unpaired) electrons. The summed E-state index contributed by atoms with van der Waals surface area (Å²) in [6, 6.07) is 9.19. The quantitative estimate of drug-likeness (QED) is 0.786. The highest BCUT2D eigenvalue weighted by atomic mass is 19.1. The monoisotopic (exact) mass is 217 g/mol. The maximum absolute atomic E-state index is 12.6. The molecule has 0 spiro atoms. The molecule has 0 saturated carbocycles. The Kier molecular flexibility index (Phi) is 2.64. The van der Waals surface area contributed by atoms with E-state index < -0.39 is 11.9 Å². The van der Waals surface area contributed by atoms with Crippen LogP contribution < -0.4 is 0 Å². The number of hydrogen-bond donors (Lipinski definition) is 1. The van der Waals surface area contributed by atoms with Gasteiger partial charge in [0.2, 0.25) is 5.95 Å². The molecule has 1 aromatic carbocycles. The van der Waals surface area contributed by atoms with Crippen molar-refractivity contribution in [3.8, 4) is 11.1 Å². The zero-order valence-electron chi connectivity index (χ0n) is 8.22. The average Bonchev–Trinajstić information content (AvgIpc) is 2.30. The van der Waals surface area contributed by atoms with Crippen LogP contribution >= 0.6 is 0 Å². The van der Waals surface area contributed by atoms with Crippen LogP contribution in [0.4, 0.5) is 4.39 Å². The second-order valence-corrected chi connectivity index (χ2v) is 3.25. The number of pyridine rings is 1. The highest BCUT2D eigenvalue weighted by molar-refractivity contribution is 5.88. The Morgan fingerprint density at radius 1 is 1.06 bits per heavy atom. The third-order valence-corrected chi connectivity index (χ3v) is 2.19. The Bertz CT molecular complexity index is 506. The molecule has 0 aliphatic carbocycles. The number of halogens is 1. The Balaban J connectivity index is 2.34. The lowest BCUT2D eigenvalue weighted by Crippen LogP contribution is -1.95. The third kappa shape index (κ3) is 2.06. The van der Waals surface area contributed by atoms with Gasteiger partial charge in [0.05, 0.1) is 5.56 Å². The summed E-state index contributed by atoms with van der Waals surface area (Å²) in [5.74, 6) is -1.50. The molecule has 2 aromatic rings. The number of benzene rings is 1. The summed E-state index contributed by atoms with van der Waals surface area (Å²) in [7, 11) is 0. The SMILES string of the molecule is O=C(O)c1ccc(-c2ccc(F)nc2)cc1. The van der Waals surface area contributed by atoms with Crippen LogP contribution in [0.5, 0.6) is 0 Å². The molecule has 16 heavy (non-hydrogen) atoms. The number of nitrogens with zero attached hydrogens (tertiary/aromatic N) is 1. The molecule has 80 valence electrons. The Labute approximate surface area is 91.2 Å². The highest BCUT2D eigenvalue weighted by Gasteiger charge is 2.03. The Morgan fingerprint density at radius 2 is 1.69 bits per heavy atom. The number of carboxylic acids is 1. The summed E-state index contributed by atoms with van der Waals surface area (Å²) >= 11 is 0. The zero-order valence-corrected chi connectivity index (χ0v) is 8.22. The Morgan fingerprint density at radius 3 is 2.19 bits per heavy atom. The van der Waals surface area contributed by atoms with Gasteiger partial charge in [0.1, 0.15) is 0 Å². The zero-order chi connectivity index (χ0) is 11.5. The minimum Gasteiger partial charge on any atom is -0.478 e. The molecule has 4 heteroatoms. The second-order valence-electron chi connectivity index (χ2n) is 3.25. The fourth-order valence-corrected chi connectivity index (χ4v) is 1.35. The lowest BCUT2D eigenvalue weighted by Gasteiger charge is -2.01. The molecular weight excluding hydrogens is 209 g/mol. The minimum atomic E-state index is -0.969. The topological polar surface area (TPSA) is 50.2 Å². The van der Waals surface area contributed by atoms with E-state index in [1.807, 2.05) is 0 Å². The van der Waals surface area contributed by atoms with E-state index in [9.17, 15) is 9.18 Å². The van der Waals surface area contributed by atoms with Gasteiger partial charge in [-0.25, -0.2) is 9.78 Å². The van der Waals surface area contributed by atoms with Crippen LogP contribution in [0.15, 0.2) is 42.6 Å². The molecule has 1 N–H and O–H groups in total. The summed E-state index contributed by atoms with van der Waals surface area (Å²) in [5.41, 5.74) is 1.77. The van der Waals surface area contributed by atoms with E-state index in [0.29, 0.717) is 0 Å². The molecule has 0 atom stereocenters. The van der Waals surface area contributed by atoms with Crippen LogP contribution in [-0.4, -0.2) is 16.1 Å². The van der Waals surface area contributed by atoms with Gasteiger partial charge >= 0.3 is 5.97 Å². The van der Waals surface area contributed by atoms with Crippen molar-refractivity contribution < 1.29 is 14.3 Å². The molecule has 1 heterocycles. The van der Waals surface area contributed by atoms with Crippen molar-refractivity contribution in [3.63, 3.8) is 0 Å². The van der Waals surface area contributed by atoms with Crippen molar-refractivity contribution in [2.75, 3.05) is 0 Å². The molecule has 0 saturated heterocycles. The van der Waals surface area contributed by atoms with Crippen molar-refractivity contribution >= 4 is 5.97 Å². The van der Waals surface area contributed by atoms with Gasteiger partial charge in [-0.1, -0.05) is 12.1 Å². The highest BCUT2D eigenvalue weighted by Crippen LogP contribution is 2.18.